The van der Waals surface area contributed by atoms with Crippen molar-refractivity contribution < 1.29 is 19.3 Å². The average Bonchev–Trinajstić information content (AvgIpc) is 3.13. The first-order chi connectivity index (χ1) is 16.1. The van der Waals surface area contributed by atoms with Crippen LogP contribution in [0, 0.1) is 0 Å². The minimum atomic E-state index is -0.401. The Morgan fingerprint density at radius 3 is 2.39 bits per heavy atom. The largest absolute Gasteiger partial charge is 0.493 e. The van der Waals surface area contributed by atoms with Crippen LogP contribution in [0.2, 0.25) is 0 Å². The van der Waals surface area contributed by atoms with Gasteiger partial charge in [0.1, 0.15) is 5.69 Å². The fourth-order valence-electron chi connectivity index (χ4n) is 3.86. The molecule has 1 atom stereocenters. The van der Waals surface area contributed by atoms with Crippen LogP contribution in [0.5, 0.6) is 17.4 Å². The number of para-hydroxylation sites is 2. The van der Waals surface area contributed by atoms with Crippen molar-refractivity contribution in [3.05, 3.63) is 60.2 Å². The number of ether oxygens (including phenoxy) is 3. The third-order valence-corrected chi connectivity index (χ3v) is 5.50. The number of methoxy groups -OCH3 is 2. The number of aliphatic hydroxyl groups is 1. The molecule has 178 valence electrons. The lowest BCUT2D eigenvalue weighted by atomic mass is 10.1. The number of aromatic nitrogens is 2. The lowest BCUT2D eigenvalue weighted by molar-refractivity contribution is 0.0797. The van der Waals surface area contributed by atoms with E-state index in [0.717, 1.165) is 29.7 Å². The molecule has 0 aliphatic carbocycles. The highest BCUT2D eigenvalue weighted by atomic mass is 16.5. The van der Waals surface area contributed by atoms with Crippen molar-refractivity contribution in [3.8, 4) is 28.6 Å². The van der Waals surface area contributed by atoms with E-state index in [0.29, 0.717) is 43.6 Å². The minimum Gasteiger partial charge on any atom is -0.493 e. The summed E-state index contributed by atoms with van der Waals surface area (Å²) in [6, 6.07) is 17.7. The highest BCUT2D eigenvalue weighted by Gasteiger charge is 2.24. The molecule has 0 saturated carbocycles. The molecule has 1 aromatic heterocycles. The monoisotopic (exact) mass is 453 g/mol. The first kappa shape index (κ1) is 24.8. The van der Waals surface area contributed by atoms with Gasteiger partial charge in [0.15, 0.2) is 11.5 Å². The number of aliphatic hydroxyl groups excluding tert-OH is 1. The topological polar surface area (TPSA) is 69.0 Å². The summed E-state index contributed by atoms with van der Waals surface area (Å²) in [6.45, 7) is 4.45. The van der Waals surface area contributed by atoms with Gasteiger partial charge in [0.25, 0.3) is 0 Å². The van der Waals surface area contributed by atoms with E-state index in [1.807, 2.05) is 61.6 Å². The second-order valence-corrected chi connectivity index (χ2v) is 8.05. The molecular weight excluding hydrogens is 418 g/mol. The Morgan fingerprint density at radius 1 is 1.03 bits per heavy atom. The van der Waals surface area contributed by atoms with Crippen LogP contribution in [0.25, 0.3) is 11.3 Å². The third kappa shape index (κ3) is 6.57. The van der Waals surface area contributed by atoms with Crippen molar-refractivity contribution in [3.63, 3.8) is 0 Å². The van der Waals surface area contributed by atoms with Crippen LogP contribution in [-0.2, 0) is 18.3 Å². The number of hydrogen-bond donors (Lipinski definition) is 1. The SMILES string of the molecule is CCC[C@@H](O)CN(CCOC)Cc1c(-c2ccccc2)nn(C)c1Oc1ccccc1OC. The van der Waals surface area contributed by atoms with E-state index in [1.165, 1.54) is 0 Å². The van der Waals surface area contributed by atoms with Gasteiger partial charge in [-0.05, 0) is 18.6 Å². The highest BCUT2D eigenvalue weighted by Crippen LogP contribution is 2.37. The number of nitrogens with zero attached hydrogens (tertiary/aromatic N) is 3. The number of rotatable bonds is 13. The molecule has 0 aliphatic rings. The predicted octanol–water partition coefficient (Wildman–Crippen LogP) is 4.50. The van der Waals surface area contributed by atoms with Crippen molar-refractivity contribution in [2.24, 2.45) is 7.05 Å². The second kappa shape index (κ2) is 12.4. The molecule has 0 radical (unpaired) electrons. The zero-order valence-corrected chi connectivity index (χ0v) is 20.0. The van der Waals surface area contributed by atoms with Crippen LogP contribution in [0.1, 0.15) is 25.3 Å². The van der Waals surface area contributed by atoms with Crippen molar-refractivity contribution >= 4 is 0 Å². The molecule has 7 heteroatoms. The van der Waals surface area contributed by atoms with E-state index in [2.05, 4.69) is 11.8 Å². The van der Waals surface area contributed by atoms with E-state index < -0.39 is 6.10 Å². The van der Waals surface area contributed by atoms with Crippen LogP contribution in [0.3, 0.4) is 0 Å². The summed E-state index contributed by atoms with van der Waals surface area (Å²) in [6.07, 6.45) is 1.29. The smallest absolute Gasteiger partial charge is 0.222 e. The lowest BCUT2D eigenvalue weighted by Crippen LogP contribution is -2.34. The van der Waals surface area contributed by atoms with Crippen molar-refractivity contribution in [2.75, 3.05) is 33.9 Å². The molecule has 0 amide bonds. The third-order valence-electron chi connectivity index (χ3n) is 5.50. The quantitative estimate of drug-likeness (QED) is 0.411. The average molecular weight is 454 g/mol. The fourth-order valence-corrected chi connectivity index (χ4v) is 3.86. The second-order valence-electron chi connectivity index (χ2n) is 8.05. The fraction of sp³-hybridized carbons (Fsp3) is 0.423. The number of benzene rings is 2. The summed E-state index contributed by atoms with van der Waals surface area (Å²) >= 11 is 0. The number of hydrogen-bond acceptors (Lipinski definition) is 6. The van der Waals surface area contributed by atoms with E-state index >= 15 is 0 Å². The van der Waals surface area contributed by atoms with Crippen LogP contribution >= 0.6 is 0 Å². The van der Waals surface area contributed by atoms with Crippen molar-refractivity contribution in [1.82, 2.24) is 14.7 Å². The van der Waals surface area contributed by atoms with Gasteiger partial charge < -0.3 is 19.3 Å². The predicted molar refractivity (Wildman–Crippen MR) is 130 cm³/mol. The van der Waals surface area contributed by atoms with E-state index in [1.54, 1.807) is 18.9 Å². The molecule has 2 aromatic carbocycles. The maximum absolute atomic E-state index is 10.5. The van der Waals surface area contributed by atoms with E-state index in [9.17, 15) is 5.11 Å². The molecule has 3 aromatic rings. The standard InChI is InChI=1S/C26H35N3O4/c1-5-11-21(30)18-29(16-17-31-3)19-22-25(20-12-7-6-8-13-20)27-28(2)26(22)33-24-15-10-9-14-23(24)32-4/h6-10,12-15,21,30H,5,11,16-19H2,1-4H3/t21-/m1/s1. The van der Waals surface area contributed by atoms with Crippen LogP contribution < -0.4 is 9.47 Å². The lowest BCUT2D eigenvalue weighted by Gasteiger charge is -2.25. The summed E-state index contributed by atoms with van der Waals surface area (Å²) in [5, 5.41) is 15.3. The van der Waals surface area contributed by atoms with Crippen LogP contribution in [0.4, 0.5) is 0 Å². The van der Waals surface area contributed by atoms with Crippen molar-refractivity contribution in [1.29, 1.82) is 0 Å². The van der Waals surface area contributed by atoms with Gasteiger partial charge >= 0.3 is 0 Å². The van der Waals surface area contributed by atoms with Crippen molar-refractivity contribution in [2.45, 2.75) is 32.4 Å². The Bertz CT molecular complexity index is 990. The summed E-state index contributed by atoms with van der Waals surface area (Å²) in [5.41, 5.74) is 2.82. The first-order valence-electron chi connectivity index (χ1n) is 11.4. The Hall–Kier alpha value is -2.87. The Labute approximate surface area is 196 Å². The summed E-state index contributed by atoms with van der Waals surface area (Å²) in [4.78, 5) is 2.20. The molecule has 0 bridgehead atoms. The van der Waals surface area contributed by atoms with Gasteiger partial charge in [-0.3, -0.25) is 4.90 Å². The Morgan fingerprint density at radius 2 is 1.73 bits per heavy atom. The van der Waals surface area contributed by atoms with E-state index in [-0.39, 0.29) is 0 Å². The van der Waals surface area contributed by atoms with Gasteiger partial charge in [-0.2, -0.15) is 5.10 Å². The summed E-state index contributed by atoms with van der Waals surface area (Å²) in [7, 11) is 5.20. The molecule has 0 spiro atoms. The highest BCUT2D eigenvalue weighted by molar-refractivity contribution is 5.65. The van der Waals surface area contributed by atoms with Gasteiger partial charge in [0.05, 0.1) is 25.4 Å². The molecule has 1 heterocycles. The Balaban J connectivity index is 2.01. The molecule has 0 unspecified atom stereocenters. The molecule has 7 nitrogen and oxygen atoms in total. The van der Waals surface area contributed by atoms with Gasteiger partial charge in [0.2, 0.25) is 5.88 Å². The molecule has 33 heavy (non-hydrogen) atoms. The maximum Gasteiger partial charge on any atom is 0.222 e. The van der Waals surface area contributed by atoms with E-state index in [4.69, 9.17) is 19.3 Å². The van der Waals surface area contributed by atoms with Crippen LogP contribution in [-0.4, -0.2) is 59.8 Å². The Kier molecular flexibility index (Phi) is 9.30. The first-order valence-corrected chi connectivity index (χ1v) is 11.4. The number of aryl methyl sites for hydroxylation is 1. The minimum absolute atomic E-state index is 0.401. The van der Waals surface area contributed by atoms with Gasteiger partial charge in [-0.1, -0.05) is 55.8 Å². The zero-order chi connectivity index (χ0) is 23.6. The normalized spacial score (nSPS) is 12.2. The van der Waals surface area contributed by atoms with Gasteiger partial charge in [-0.15, -0.1) is 0 Å². The molecule has 0 fully saturated rings. The molecule has 0 saturated heterocycles. The van der Waals surface area contributed by atoms with Crippen LogP contribution in [0.15, 0.2) is 54.6 Å². The molecule has 0 aliphatic heterocycles. The summed E-state index contributed by atoms with van der Waals surface area (Å²) < 4.78 is 19.0. The maximum atomic E-state index is 10.5. The zero-order valence-electron chi connectivity index (χ0n) is 20.0. The molecule has 1 N–H and O–H groups in total. The summed E-state index contributed by atoms with van der Waals surface area (Å²) in [5.74, 6) is 1.92. The van der Waals surface area contributed by atoms with Gasteiger partial charge in [-0.25, -0.2) is 4.68 Å². The molecular formula is C26H35N3O4. The molecule has 3 rings (SSSR count). The van der Waals surface area contributed by atoms with Gasteiger partial charge in [0, 0.05) is 39.4 Å².